The molecule has 2 aromatic heterocycles. The quantitative estimate of drug-likeness (QED) is 0.792. The molecule has 1 saturated heterocycles. The van der Waals surface area contributed by atoms with Crippen molar-refractivity contribution in [2.75, 3.05) is 13.2 Å². The van der Waals surface area contributed by atoms with Crippen LogP contribution in [0.3, 0.4) is 0 Å². The molecule has 1 fully saturated rings. The Balaban J connectivity index is 2.15. The lowest BCUT2D eigenvalue weighted by molar-refractivity contribution is 0.205. The summed E-state index contributed by atoms with van der Waals surface area (Å²) in [4.78, 5) is 7.50. The van der Waals surface area contributed by atoms with Gasteiger partial charge in [-0.25, -0.2) is 4.98 Å². The molecule has 2 aromatic rings. The first-order chi connectivity index (χ1) is 7.84. The van der Waals surface area contributed by atoms with E-state index in [0.29, 0.717) is 0 Å². The van der Waals surface area contributed by atoms with E-state index in [-0.39, 0.29) is 0 Å². The van der Waals surface area contributed by atoms with Crippen molar-refractivity contribution in [3.63, 3.8) is 0 Å². The lowest BCUT2D eigenvalue weighted by Crippen LogP contribution is -1.85. The first-order valence-electron chi connectivity index (χ1n) is 5.54. The molecule has 3 rings (SSSR count). The van der Waals surface area contributed by atoms with Gasteiger partial charge in [0.2, 0.25) is 0 Å². The molecule has 0 radical (unpaired) electrons. The average Bonchev–Trinajstić information content (AvgIpc) is 2.90. The second-order valence-corrected chi connectivity index (χ2v) is 4.20. The molecule has 82 valence electrons. The van der Waals surface area contributed by atoms with E-state index in [1.54, 1.807) is 0 Å². The minimum atomic E-state index is 0.771. The van der Waals surface area contributed by atoms with Gasteiger partial charge in [-0.15, -0.1) is 0 Å². The van der Waals surface area contributed by atoms with E-state index in [0.717, 1.165) is 25.3 Å². The maximum atomic E-state index is 5.36. The van der Waals surface area contributed by atoms with Gasteiger partial charge in [0.1, 0.15) is 5.65 Å². The van der Waals surface area contributed by atoms with Crippen molar-refractivity contribution < 1.29 is 4.74 Å². The van der Waals surface area contributed by atoms with E-state index in [9.17, 15) is 0 Å². The molecule has 3 nitrogen and oxygen atoms in total. The molecule has 1 aliphatic heterocycles. The van der Waals surface area contributed by atoms with E-state index in [1.807, 2.05) is 12.4 Å². The van der Waals surface area contributed by atoms with Crippen molar-refractivity contribution in [2.24, 2.45) is 0 Å². The maximum absolute atomic E-state index is 5.36. The lowest BCUT2D eigenvalue weighted by Gasteiger charge is -2.00. The van der Waals surface area contributed by atoms with Gasteiger partial charge in [-0.3, -0.25) is 0 Å². The lowest BCUT2D eigenvalue weighted by atomic mass is 10.1. The third-order valence-corrected chi connectivity index (χ3v) is 3.02. The van der Waals surface area contributed by atoms with Gasteiger partial charge in [0.25, 0.3) is 0 Å². The number of H-pyrrole nitrogens is 1. The number of ether oxygens (including phenoxy) is 1. The molecular weight excluding hydrogens is 200 g/mol. The van der Waals surface area contributed by atoms with E-state index in [4.69, 9.17) is 4.74 Å². The summed E-state index contributed by atoms with van der Waals surface area (Å²) in [5.41, 5.74) is 4.82. The van der Waals surface area contributed by atoms with E-state index in [1.165, 1.54) is 22.1 Å². The molecule has 0 atom stereocenters. The van der Waals surface area contributed by atoms with Crippen molar-refractivity contribution in [3.05, 3.63) is 35.2 Å². The Kier molecular flexibility index (Phi) is 2.26. The summed E-state index contributed by atoms with van der Waals surface area (Å²) in [7, 11) is 0. The van der Waals surface area contributed by atoms with E-state index >= 15 is 0 Å². The number of hydrogen-bond acceptors (Lipinski definition) is 2. The maximum Gasteiger partial charge on any atom is 0.138 e. The number of aryl methyl sites for hydroxylation is 1. The number of nitrogens with one attached hydrogen (secondary N) is 1. The van der Waals surface area contributed by atoms with Gasteiger partial charge in [-0.1, -0.05) is 6.08 Å². The van der Waals surface area contributed by atoms with Crippen molar-refractivity contribution in [1.82, 2.24) is 9.97 Å². The van der Waals surface area contributed by atoms with E-state index < -0.39 is 0 Å². The zero-order chi connectivity index (χ0) is 11.0. The predicted molar refractivity (Wildman–Crippen MR) is 64.2 cm³/mol. The van der Waals surface area contributed by atoms with Crippen LogP contribution >= 0.6 is 0 Å². The summed E-state index contributed by atoms with van der Waals surface area (Å²) < 4.78 is 5.36. The summed E-state index contributed by atoms with van der Waals surface area (Å²) in [6.45, 7) is 3.73. The Hall–Kier alpha value is -1.61. The number of fused-ring (bicyclic) bond motifs is 1. The van der Waals surface area contributed by atoms with Gasteiger partial charge < -0.3 is 9.72 Å². The van der Waals surface area contributed by atoms with Crippen molar-refractivity contribution in [1.29, 1.82) is 0 Å². The van der Waals surface area contributed by atoms with Crippen LogP contribution in [-0.2, 0) is 4.74 Å². The van der Waals surface area contributed by atoms with Crippen LogP contribution in [0.5, 0.6) is 0 Å². The predicted octanol–water partition coefficient (Wildman–Crippen LogP) is 2.68. The SMILES string of the molecule is Cc1c[nH]c2nccc(/C=C3\CCOC3)c12. The van der Waals surface area contributed by atoms with Gasteiger partial charge in [-0.2, -0.15) is 0 Å². The van der Waals surface area contributed by atoms with Crippen LogP contribution in [-0.4, -0.2) is 23.2 Å². The molecular formula is C13H14N2O. The molecule has 1 N–H and O–H groups in total. The molecule has 0 bridgehead atoms. The molecule has 0 spiro atoms. The smallest absolute Gasteiger partial charge is 0.138 e. The molecule has 16 heavy (non-hydrogen) atoms. The van der Waals surface area contributed by atoms with Gasteiger partial charge in [0.15, 0.2) is 0 Å². The van der Waals surface area contributed by atoms with Crippen LogP contribution in [0, 0.1) is 6.92 Å². The molecule has 0 aliphatic carbocycles. The largest absolute Gasteiger partial charge is 0.377 e. The van der Waals surface area contributed by atoms with Crippen LogP contribution in [0.1, 0.15) is 17.5 Å². The number of aromatic amines is 1. The second kappa shape index (κ2) is 3.76. The van der Waals surface area contributed by atoms with Gasteiger partial charge in [0, 0.05) is 17.8 Å². The minimum absolute atomic E-state index is 0.771. The zero-order valence-electron chi connectivity index (χ0n) is 9.29. The standard InChI is InChI=1S/C13H14N2O/c1-9-7-15-13-12(9)11(2-4-14-13)6-10-3-5-16-8-10/h2,4,6-7H,3,5,8H2,1H3,(H,14,15)/b10-6+. The van der Waals surface area contributed by atoms with Crippen molar-refractivity contribution in [3.8, 4) is 0 Å². The second-order valence-electron chi connectivity index (χ2n) is 4.20. The monoisotopic (exact) mass is 214 g/mol. The number of rotatable bonds is 1. The van der Waals surface area contributed by atoms with Crippen LogP contribution < -0.4 is 0 Å². The minimum Gasteiger partial charge on any atom is -0.377 e. The summed E-state index contributed by atoms with van der Waals surface area (Å²) in [6, 6.07) is 2.06. The number of hydrogen-bond donors (Lipinski definition) is 1. The Morgan fingerprint density at radius 1 is 1.50 bits per heavy atom. The molecule has 0 aromatic carbocycles. The number of nitrogens with zero attached hydrogens (tertiary/aromatic N) is 1. The molecule has 3 heteroatoms. The Morgan fingerprint density at radius 2 is 2.44 bits per heavy atom. The first kappa shape index (κ1) is 9.60. The number of pyridine rings is 1. The Morgan fingerprint density at radius 3 is 3.25 bits per heavy atom. The highest BCUT2D eigenvalue weighted by atomic mass is 16.5. The molecule has 3 heterocycles. The fourth-order valence-corrected chi connectivity index (χ4v) is 2.18. The van der Waals surface area contributed by atoms with Crippen LogP contribution in [0.2, 0.25) is 0 Å². The highest BCUT2D eigenvalue weighted by Crippen LogP contribution is 2.24. The van der Waals surface area contributed by atoms with Crippen molar-refractivity contribution >= 4 is 17.1 Å². The topological polar surface area (TPSA) is 37.9 Å². The normalized spacial score (nSPS) is 18.7. The Bertz CT molecular complexity index is 546. The Labute approximate surface area is 94.1 Å². The van der Waals surface area contributed by atoms with E-state index in [2.05, 4.69) is 29.0 Å². The third kappa shape index (κ3) is 1.53. The van der Waals surface area contributed by atoms with Gasteiger partial charge in [0.05, 0.1) is 13.2 Å². The van der Waals surface area contributed by atoms with Gasteiger partial charge in [-0.05, 0) is 36.1 Å². The first-order valence-corrected chi connectivity index (χ1v) is 5.54. The molecule has 1 aliphatic rings. The molecule has 0 unspecified atom stereocenters. The summed E-state index contributed by atoms with van der Waals surface area (Å²) in [5, 5.41) is 1.22. The average molecular weight is 214 g/mol. The summed E-state index contributed by atoms with van der Waals surface area (Å²) in [5.74, 6) is 0. The highest BCUT2D eigenvalue weighted by molar-refractivity contribution is 5.89. The van der Waals surface area contributed by atoms with Crippen LogP contribution in [0.4, 0.5) is 0 Å². The highest BCUT2D eigenvalue weighted by Gasteiger charge is 2.09. The third-order valence-electron chi connectivity index (χ3n) is 3.02. The fraction of sp³-hybridized carbons (Fsp3) is 0.308. The summed E-state index contributed by atoms with van der Waals surface area (Å²) in [6.07, 6.45) is 7.14. The number of aromatic nitrogens is 2. The summed E-state index contributed by atoms with van der Waals surface area (Å²) >= 11 is 0. The van der Waals surface area contributed by atoms with Crippen molar-refractivity contribution in [2.45, 2.75) is 13.3 Å². The fourth-order valence-electron chi connectivity index (χ4n) is 2.18. The van der Waals surface area contributed by atoms with Gasteiger partial charge >= 0.3 is 0 Å². The van der Waals surface area contributed by atoms with Crippen LogP contribution in [0.15, 0.2) is 24.0 Å². The molecule has 0 amide bonds. The zero-order valence-corrected chi connectivity index (χ0v) is 9.29. The molecule has 0 saturated carbocycles. The van der Waals surface area contributed by atoms with Crippen LogP contribution in [0.25, 0.3) is 17.1 Å².